The van der Waals surface area contributed by atoms with Gasteiger partial charge in [0.15, 0.2) is 0 Å². The van der Waals surface area contributed by atoms with Crippen molar-refractivity contribution < 1.29 is 4.79 Å². The maximum atomic E-state index is 11.4. The second-order valence-corrected chi connectivity index (χ2v) is 4.05. The van der Waals surface area contributed by atoms with Crippen LogP contribution in [0.1, 0.15) is 39.5 Å². The van der Waals surface area contributed by atoms with Gasteiger partial charge in [0.05, 0.1) is 0 Å². The van der Waals surface area contributed by atoms with Crippen molar-refractivity contribution in [3.8, 4) is 0 Å². The molecule has 1 atom stereocenters. The van der Waals surface area contributed by atoms with E-state index in [-0.39, 0.29) is 5.91 Å². The first-order valence-electron chi connectivity index (χ1n) is 5.78. The van der Waals surface area contributed by atoms with Crippen molar-refractivity contribution in [3.05, 3.63) is 0 Å². The molecular weight excluding hydrogens is 176 g/mol. The molecule has 0 bridgehead atoms. The lowest BCUT2D eigenvalue weighted by Gasteiger charge is -2.32. The van der Waals surface area contributed by atoms with Gasteiger partial charge < -0.3 is 10.2 Å². The molecular formula is C11H22N2O. The number of likely N-dealkylation sites (N-methyl/N-ethyl adjacent to an activating group) is 1. The van der Waals surface area contributed by atoms with Crippen LogP contribution >= 0.6 is 0 Å². The summed E-state index contributed by atoms with van der Waals surface area (Å²) in [5, 5.41) is 3.10. The summed E-state index contributed by atoms with van der Waals surface area (Å²) in [5.74, 6) is 0.218. The Hall–Kier alpha value is -0.570. The number of hydrogen-bond donors (Lipinski definition) is 1. The summed E-state index contributed by atoms with van der Waals surface area (Å²) in [4.78, 5) is 13.8. The highest BCUT2D eigenvalue weighted by Crippen LogP contribution is 2.09. The fourth-order valence-electron chi connectivity index (χ4n) is 1.99. The fourth-order valence-corrected chi connectivity index (χ4v) is 1.99. The predicted octanol–water partition coefficient (Wildman–Crippen LogP) is 1.39. The van der Waals surface area contributed by atoms with Gasteiger partial charge in [-0.2, -0.15) is 0 Å². The largest absolute Gasteiger partial charge is 0.352 e. The third-order valence-corrected chi connectivity index (χ3v) is 2.79. The lowest BCUT2D eigenvalue weighted by molar-refractivity contribution is -0.122. The minimum Gasteiger partial charge on any atom is -0.352 e. The molecule has 0 aromatic heterocycles. The molecule has 82 valence electrons. The van der Waals surface area contributed by atoms with E-state index in [0.29, 0.717) is 12.5 Å². The standard InChI is InChI=1S/C11H22N2O/c1-3-6-11(14)12-10-7-5-8-13(4-2)9-10/h10H,3-9H2,1-2H3,(H,12,14). The summed E-state index contributed by atoms with van der Waals surface area (Å²) >= 11 is 0. The van der Waals surface area contributed by atoms with E-state index in [0.717, 1.165) is 25.9 Å². The number of likely N-dealkylation sites (tertiary alicyclic amines) is 1. The summed E-state index contributed by atoms with van der Waals surface area (Å²) in [6.07, 6.45) is 3.97. The van der Waals surface area contributed by atoms with Gasteiger partial charge in [-0.3, -0.25) is 4.79 Å². The molecule has 1 unspecified atom stereocenters. The van der Waals surface area contributed by atoms with Crippen molar-refractivity contribution in [2.75, 3.05) is 19.6 Å². The number of carbonyl (C=O) groups is 1. The quantitative estimate of drug-likeness (QED) is 0.740. The molecule has 0 radical (unpaired) electrons. The first-order chi connectivity index (χ1) is 6.76. The van der Waals surface area contributed by atoms with Gasteiger partial charge in [-0.15, -0.1) is 0 Å². The molecule has 1 aliphatic heterocycles. The smallest absolute Gasteiger partial charge is 0.220 e. The number of nitrogens with one attached hydrogen (secondary N) is 1. The Morgan fingerprint density at radius 3 is 2.93 bits per heavy atom. The maximum absolute atomic E-state index is 11.4. The number of rotatable bonds is 4. The van der Waals surface area contributed by atoms with Gasteiger partial charge in [-0.1, -0.05) is 13.8 Å². The van der Waals surface area contributed by atoms with Crippen LogP contribution in [0.5, 0.6) is 0 Å². The molecule has 0 aromatic carbocycles. The van der Waals surface area contributed by atoms with Gasteiger partial charge in [-0.25, -0.2) is 0 Å². The van der Waals surface area contributed by atoms with Crippen molar-refractivity contribution in [2.24, 2.45) is 0 Å². The minimum absolute atomic E-state index is 0.218. The first-order valence-corrected chi connectivity index (χ1v) is 5.78. The Balaban J connectivity index is 2.26. The van der Waals surface area contributed by atoms with E-state index in [1.807, 2.05) is 6.92 Å². The third-order valence-electron chi connectivity index (χ3n) is 2.79. The minimum atomic E-state index is 0.218. The fraction of sp³-hybridized carbons (Fsp3) is 0.909. The SMILES string of the molecule is CCCC(=O)NC1CCCN(CC)C1. The molecule has 1 amide bonds. The molecule has 0 spiro atoms. The highest BCUT2D eigenvalue weighted by molar-refractivity contribution is 5.76. The Labute approximate surface area is 86.9 Å². The van der Waals surface area contributed by atoms with Crippen LogP contribution in [0.15, 0.2) is 0 Å². The molecule has 1 aliphatic rings. The number of hydrogen-bond acceptors (Lipinski definition) is 2. The van der Waals surface area contributed by atoms with Crippen molar-refractivity contribution >= 4 is 5.91 Å². The van der Waals surface area contributed by atoms with Crippen LogP contribution in [0, 0.1) is 0 Å². The van der Waals surface area contributed by atoms with E-state index in [9.17, 15) is 4.79 Å². The number of amides is 1. The van der Waals surface area contributed by atoms with Gasteiger partial charge in [0.2, 0.25) is 5.91 Å². The zero-order chi connectivity index (χ0) is 10.4. The molecule has 1 heterocycles. The molecule has 1 saturated heterocycles. The zero-order valence-electron chi connectivity index (χ0n) is 9.38. The van der Waals surface area contributed by atoms with Gasteiger partial charge in [0.1, 0.15) is 0 Å². The average Bonchev–Trinajstić information content (AvgIpc) is 2.18. The van der Waals surface area contributed by atoms with Crippen molar-refractivity contribution in [3.63, 3.8) is 0 Å². The van der Waals surface area contributed by atoms with Crippen LogP contribution in [-0.2, 0) is 4.79 Å². The van der Waals surface area contributed by atoms with E-state index in [1.54, 1.807) is 0 Å². The molecule has 14 heavy (non-hydrogen) atoms. The Bertz CT molecular complexity index is 182. The Kier molecular flexibility index (Phi) is 4.94. The van der Waals surface area contributed by atoms with Crippen LogP contribution < -0.4 is 5.32 Å². The lowest BCUT2D eigenvalue weighted by Crippen LogP contribution is -2.47. The molecule has 1 fully saturated rings. The van der Waals surface area contributed by atoms with Crippen molar-refractivity contribution in [1.29, 1.82) is 0 Å². The van der Waals surface area contributed by atoms with E-state index < -0.39 is 0 Å². The highest BCUT2D eigenvalue weighted by atomic mass is 16.1. The summed E-state index contributed by atoms with van der Waals surface area (Å²) in [6.45, 7) is 7.54. The van der Waals surface area contributed by atoms with Crippen LogP contribution in [-0.4, -0.2) is 36.5 Å². The summed E-state index contributed by atoms with van der Waals surface area (Å²) in [6, 6.07) is 0.391. The van der Waals surface area contributed by atoms with Gasteiger partial charge in [0, 0.05) is 19.0 Å². The normalized spacial score (nSPS) is 23.4. The van der Waals surface area contributed by atoms with Crippen LogP contribution in [0.4, 0.5) is 0 Å². The van der Waals surface area contributed by atoms with Crippen LogP contribution in [0.2, 0.25) is 0 Å². The summed E-state index contributed by atoms with van der Waals surface area (Å²) in [7, 11) is 0. The molecule has 3 heteroatoms. The number of piperidine rings is 1. The Morgan fingerprint density at radius 2 is 2.29 bits per heavy atom. The Morgan fingerprint density at radius 1 is 1.50 bits per heavy atom. The van der Waals surface area contributed by atoms with Crippen LogP contribution in [0.25, 0.3) is 0 Å². The van der Waals surface area contributed by atoms with E-state index in [1.165, 1.54) is 13.0 Å². The topological polar surface area (TPSA) is 32.3 Å². The number of carbonyl (C=O) groups excluding carboxylic acids is 1. The summed E-state index contributed by atoms with van der Waals surface area (Å²) in [5.41, 5.74) is 0. The predicted molar refractivity (Wildman–Crippen MR) is 58.2 cm³/mol. The van der Waals surface area contributed by atoms with Gasteiger partial charge >= 0.3 is 0 Å². The zero-order valence-corrected chi connectivity index (χ0v) is 9.38. The van der Waals surface area contributed by atoms with Crippen LogP contribution in [0.3, 0.4) is 0 Å². The third kappa shape index (κ3) is 3.66. The van der Waals surface area contributed by atoms with E-state index >= 15 is 0 Å². The molecule has 0 aliphatic carbocycles. The molecule has 1 N–H and O–H groups in total. The van der Waals surface area contributed by atoms with Gasteiger partial charge in [-0.05, 0) is 32.4 Å². The highest BCUT2D eigenvalue weighted by Gasteiger charge is 2.19. The van der Waals surface area contributed by atoms with Crippen molar-refractivity contribution in [1.82, 2.24) is 10.2 Å². The summed E-state index contributed by atoms with van der Waals surface area (Å²) < 4.78 is 0. The maximum Gasteiger partial charge on any atom is 0.220 e. The lowest BCUT2D eigenvalue weighted by atomic mass is 10.1. The molecule has 1 rings (SSSR count). The second-order valence-electron chi connectivity index (χ2n) is 4.05. The monoisotopic (exact) mass is 198 g/mol. The average molecular weight is 198 g/mol. The molecule has 0 aromatic rings. The first kappa shape index (κ1) is 11.5. The van der Waals surface area contributed by atoms with Gasteiger partial charge in [0.25, 0.3) is 0 Å². The van der Waals surface area contributed by atoms with E-state index in [4.69, 9.17) is 0 Å². The van der Waals surface area contributed by atoms with E-state index in [2.05, 4.69) is 17.1 Å². The molecule has 3 nitrogen and oxygen atoms in total. The second kappa shape index (κ2) is 6.02. The van der Waals surface area contributed by atoms with Crippen molar-refractivity contribution in [2.45, 2.75) is 45.6 Å². The molecule has 0 saturated carbocycles. The number of nitrogens with zero attached hydrogens (tertiary/aromatic N) is 1.